The maximum absolute atomic E-state index is 11.7. The van der Waals surface area contributed by atoms with Gasteiger partial charge in [-0.2, -0.15) is 0 Å². The van der Waals surface area contributed by atoms with Crippen molar-refractivity contribution >= 4 is 18.0 Å². The van der Waals surface area contributed by atoms with Gasteiger partial charge in [0.25, 0.3) is 0 Å². The molecule has 1 amide bonds. The molecule has 2 N–H and O–H groups in total. The van der Waals surface area contributed by atoms with Crippen molar-refractivity contribution in [2.24, 2.45) is 0 Å². The van der Waals surface area contributed by atoms with E-state index in [1.165, 1.54) is 6.92 Å². The second-order valence-corrected chi connectivity index (χ2v) is 4.85. The lowest BCUT2D eigenvalue weighted by Gasteiger charge is -2.15. The monoisotopic (exact) mass is 316 g/mol. The molecule has 1 atom stereocenters. The Kier molecular flexibility index (Phi) is 13.7. The van der Waals surface area contributed by atoms with E-state index in [0.717, 1.165) is 19.4 Å². The molecule has 0 rings (SSSR count). The third-order valence-electron chi connectivity index (χ3n) is 2.92. The van der Waals surface area contributed by atoms with Crippen molar-refractivity contribution in [1.82, 2.24) is 10.6 Å². The molecule has 0 aromatic heterocycles. The first-order valence-corrected chi connectivity index (χ1v) is 7.71. The van der Waals surface area contributed by atoms with Crippen LogP contribution in [0.5, 0.6) is 0 Å². The summed E-state index contributed by atoms with van der Waals surface area (Å²) in [5, 5.41) is 5.74. The van der Waals surface area contributed by atoms with Crippen LogP contribution in [0, 0.1) is 0 Å². The molecule has 0 saturated carbocycles. The predicted octanol–water partition coefficient (Wildman–Crippen LogP) is 0.0721. The lowest BCUT2D eigenvalue weighted by Crippen LogP contribution is -2.41. The Labute approximate surface area is 132 Å². The molecule has 0 aliphatic rings. The molecule has 0 aliphatic heterocycles. The summed E-state index contributed by atoms with van der Waals surface area (Å²) < 4.78 is 10.5. The Morgan fingerprint density at radius 3 is 2.55 bits per heavy atom. The Bertz CT molecular complexity index is 323. The number of aldehydes is 1. The molecule has 0 fully saturated rings. The number of amides is 1. The van der Waals surface area contributed by atoms with Gasteiger partial charge in [0.05, 0.1) is 25.9 Å². The highest BCUT2D eigenvalue weighted by molar-refractivity contribution is 5.87. The van der Waals surface area contributed by atoms with E-state index in [9.17, 15) is 14.4 Å². The van der Waals surface area contributed by atoms with Crippen LogP contribution in [-0.2, 0) is 23.9 Å². The summed E-state index contributed by atoms with van der Waals surface area (Å²) in [6.45, 7) is 6.40. The molecule has 0 aromatic carbocycles. The first kappa shape index (κ1) is 20.7. The van der Waals surface area contributed by atoms with Gasteiger partial charge in [0, 0.05) is 13.0 Å². The lowest BCUT2D eigenvalue weighted by molar-refractivity contribution is -0.130. The number of likely N-dealkylation sites (N-methyl/N-ethyl adjacent to an activating group) is 1. The van der Waals surface area contributed by atoms with Crippen LogP contribution < -0.4 is 10.6 Å². The van der Waals surface area contributed by atoms with Gasteiger partial charge in [-0.15, -0.1) is 0 Å². The molecular formula is C15H28N2O5. The smallest absolute Gasteiger partial charge is 0.246 e. The van der Waals surface area contributed by atoms with E-state index in [4.69, 9.17) is 9.47 Å². The van der Waals surface area contributed by atoms with E-state index >= 15 is 0 Å². The zero-order valence-electron chi connectivity index (χ0n) is 13.6. The molecule has 7 nitrogen and oxygen atoms in total. The number of hydrogen-bond donors (Lipinski definition) is 2. The summed E-state index contributed by atoms with van der Waals surface area (Å²) in [7, 11) is 0. The van der Waals surface area contributed by atoms with Crippen molar-refractivity contribution in [2.75, 3.05) is 39.5 Å². The van der Waals surface area contributed by atoms with Crippen LogP contribution in [0.25, 0.3) is 0 Å². The first-order valence-electron chi connectivity index (χ1n) is 7.71. The molecule has 0 heterocycles. The highest BCUT2D eigenvalue weighted by atomic mass is 16.5. The van der Waals surface area contributed by atoms with E-state index < -0.39 is 6.04 Å². The SMILES string of the molecule is CCNCCOCCOCC(=O)NC(CCCC=O)C(C)=O. The minimum Gasteiger partial charge on any atom is -0.378 e. The van der Waals surface area contributed by atoms with Crippen molar-refractivity contribution in [3.05, 3.63) is 0 Å². The van der Waals surface area contributed by atoms with E-state index in [1.807, 2.05) is 6.92 Å². The molecule has 128 valence electrons. The fourth-order valence-electron chi connectivity index (χ4n) is 1.72. The Morgan fingerprint density at radius 1 is 1.18 bits per heavy atom. The zero-order valence-corrected chi connectivity index (χ0v) is 13.6. The maximum atomic E-state index is 11.7. The van der Waals surface area contributed by atoms with Gasteiger partial charge in [0.15, 0.2) is 5.78 Å². The quantitative estimate of drug-likeness (QED) is 0.328. The third kappa shape index (κ3) is 12.4. The van der Waals surface area contributed by atoms with Crippen LogP contribution in [0.2, 0.25) is 0 Å². The van der Waals surface area contributed by atoms with Gasteiger partial charge in [-0.1, -0.05) is 6.92 Å². The average molecular weight is 316 g/mol. The van der Waals surface area contributed by atoms with Gasteiger partial charge in [-0.05, 0) is 26.3 Å². The van der Waals surface area contributed by atoms with Gasteiger partial charge >= 0.3 is 0 Å². The second-order valence-electron chi connectivity index (χ2n) is 4.85. The number of Topliss-reactive ketones (excluding diaryl/α,β-unsaturated/α-hetero) is 1. The van der Waals surface area contributed by atoms with E-state index in [2.05, 4.69) is 10.6 Å². The Morgan fingerprint density at radius 2 is 1.91 bits per heavy atom. The number of carbonyl (C=O) groups is 3. The largest absolute Gasteiger partial charge is 0.378 e. The number of nitrogens with one attached hydrogen (secondary N) is 2. The van der Waals surface area contributed by atoms with Crippen molar-refractivity contribution in [1.29, 1.82) is 0 Å². The van der Waals surface area contributed by atoms with E-state index in [-0.39, 0.29) is 18.3 Å². The molecule has 0 saturated heterocycles. The summed E-state index contributed by atoms with van der Waals surface area (Å²) in [5.41, 5.74) is 0. The maximum Gasteiger partial charge on any atom is 0.246 e. The molecule has 0 aromatic rings. The van der Waals surface area contributed by atoms with Crippen LogP contribution in [0.3, 0.4) is 0 Å². The van der Waals surface area contributed by atoms with Gasteiger partial charge in [-0.3, -0.25) is 9.59 Å². The highest BCUT2D eigenvalue weighted by Crippen LogP contribution is 2.01. The molecule has 1 unspecified atom stereocenters. The summed E-state index contributed by atoms with van der Waals surface area (Å²) in [6.07, 6.45) is 2.24. The minimum absolute atomic E-state index is 0.103. The number of hydrogen-bond acceptors (Lipinski definition) is 6. The Balaban J connectivity index is 3.68. The second kappa shape index (κ2) is 14.6. The molecule has 0 bridgehead atoms. The van der Waals surface area contributed by atoms with Gasteiger partial charge in [0.1, 0.15) is 12.9 Å². The van der Waals surface area contributed by atoms with Gasteiger partial charge < -0.3 is 24.9 Å². The summed E-state index contributed by atoms with van der Waals surface area (Å²) >= 11 is 0. The number of rotatable bonds is 15. The van der Waals surface area contributed by atoms with Crippen molar-refractivity contribution in [3.8, 4) is 0 Å². The lowest BCUT2D eigenvalue weighted by atomic mass is 10.1. The van der Waals surface area contributed by atoms with Crippen LogP contribution in [0.1, 0.15) is 33.1 Å². The summed E-state index contributed by atoms with van der Waals surface area (Å²) in [4.78, 5) is 33.3. The highest BCUT2D eigenvalue weighted by Gasteiger charge is 2.16. The topological polar surface area (TPSA) is 93.7 Å². The number of unbranched alkanes of at least 4 members (excludes halogenated alkanes) is 1. The predicted molar refractivity (Wildman–Crippen MR) is 82.7 cm³/mol. The molecule has 0 aliphatic carbocycles. The number of ketones is 1. The molecular weight excluding hydrogens is 288 g/mol. The van der Waals surface area contributed by atoms with Crippen LogP contribution in [0.15, 0.2) is 0 Å². The average Bonchev–Trinajstić information content (AvgIpc) is 2.49. The van der Waals surface area contributed by atoms with Crippen molar-refractivity contribution in [2.45, 2.75) is 39.2 Å². The van der Waals surface area contributed by atoms with Crippen LogP contribution in [0.4, 0.5) is 0 Å². The molecule has 0 radical (unpaired) electrons. The van der Waals surface area contributed by atoms with Crippen LogP contribution in [-0.4, -0.2) is 63.5 Å². The zero-order chi connectivity index (χ0) is 16.6. The third-order valence-corrected chi connectivity index (χ3v) is 2.92. The molecule has 22 heavy (non-hydrogen) atoms. The molecule has 0 spiro atoms. The molecule has 7 heteroatoms. The Hall–Kier alpha value is -1.31. The van der Waals surface area contributed by atoms with Crippen molar-refractivity contribution in [3.63, 3.8) is 0 Å². The van der Waals surface area contributed by atoms with E-state index in [0.29, 0.717) is 39.1 Å². The fourth-order valence-corrected chi connectivity index (χ4v) is 1.72. The summed E-state index contributed by atoms with van der Waals surface area (Å²) in [6, 6.07) is -0.549. The van der Waals surface area contributed by atoms with E-state index in [1.54, 1.807) is 0 Å². The van der Waals surface area contributed by atoms with Gasteiger partial charge in [0.2, 0.25) is 5.91 Å². The minimum atomic E-state index is -0.549. The standard InChI is InChI=1S/C15H28N2O5/c1-3-16-7-9-21-10-11-22-12-15(20)17-14(13(2)19)6-4-5-8-18/h8,14,16H,3-7,9-12H2,1-2H3,(H,17,20). The van der Waals surface area contributed by atoms with Gasteiger partial charge in [-0.25, -0.2) is 0 Å². The normalized spacial score (nSPS) is 11.9. The number of ether oxygens (including phenoxy) is 2. The fraction of sp³-hybridized carbons (Fsp3) is 0.800. The van der Waals surface area contributed by atoms with Crippen LogP contribution >= 0.6 is 0 Å². The number of carbonyl (C=O) groups excluding carboxylic acids is 3. The first-order chi connectivity index (χ1) is 10.6. The summed E-state index contributed by atoms with van der Waals surface area (Å²) in [5.74, 6) is -0.454. The van der Waals surface area contributed by atoms with Crippen molar-refractivity contribution < 1.29 is 23.9 Å².